The van der Waals surface area contributed by atoms with Gasteiger partial charge in [0.25, 0.3) is 0 Å². The molecule has 0 aliphatic carbocycles. The van der Waals surface area contributed by atoms with E-state index in [9.17, 15) is 4.79 Å². The standard InChI is InChI=1S/C14H27N3O2/c1-10(2)11(3)16-13(18)17-7-5-14(6-8-17)12(15)4-9-19-14/h10-12H,4-9,15H2,1-3H3,(H,16,18). The fourth-order valence-corrected chi connectivity index (χ4v) is 2.82. The second-order valence-electron chi connectivity index (χ2n) is 6.28. The van der Waals surface area contributed by atoms with Crippen molar-refractivity contribution in [1.82, 2.24) is 10.2 Å². The van der Waals surface area contributed by atoms with E-state index in [1.165, 1.54) is 0 Å². The number of nitrogens with two attached hydrogens (primary N) is 1. The van der Waals surface area contributed by atoms with Crippen LogP contribution in [0, 0.1) is 5.92 Å². The quantitative estimate of drug-likeness (QED) is 0.794. The van der Waals surface area contributed by atoms with E-state index in [4.69, 9.17) is 10.5 Å². The highest BCUT2D eigenvalue weighted by Gasteiger charge is 2.45. The number of piperidine rings is 1. The van der Waals surface area contributed by atoms with Crippen LogP contribution in [0.3, 0.4) is 0 Å². The maximum absolute atomic E-state index is 12.1. The van der Waals surface area contributed by atoms with Crippen LogP contribution in [-0.2, 0) is 4.74 Å². The summed E-state index contributed by atoms with van der Waals surface area (Å²) >= 11 is 0. The zero-order valence-electron chi connectivity index (χ0n) is 12.3. The summed E-state index contributed by atoms with van der Waals surface area (Å²) in [6, 6.07) is 0.378. The molecule has 0 bridgehead atoms. The lowest BCUT2D eigenvalue weighted by molar-refractivity contribution is -0.0440. The maximum Gasteiger partial charge on any atom is 0.317 e. The van der Waals surface area contributed by atoms with Gasteiger partial charge in [0.2, 0.25) is 0 Å². The van der Waals surface area contributed by atoms with Crippen LogP contribution in [0.15, 0.2) is 0 Å². The van der Waals surface area contributed by atoms with Gasteiger partial charge in [-0.15, -0.1) is 0 Å². The predicted octanol–water partition coefficient (Wildman–Crippen LogP) is 1.32. The molecule has 0 aromatic heterocycles. The van der Waals surface area contributed by atoms with Crippen molar-refractivity contribution in [1.29, 1.82) is 0 Å². The number of carbonyl (C=O) groups excluding carboxylic acids is 1. The smallest absolute Gasteiger partial charge is 0.317 e. The third kappa shape index (κ3) is 3.03. The first-order valence-corrected chi connectivity index (χ1v) is 7.39. The highest BCUT2D eigenvalue weighted by atomic mass is 16.5. The van der Waals surface area contributed by atoms with Crippen molar-refractivity contribution in [2.24, 2.45) is 11.7 Å². The minimum absolute atomic E-state index is 0.0441. The molecule has 2 fully saturated rings. The fourth-order valence-electron chi connectivity index (χ4n) is 2.82. The van der Waals surface area contributed by atoms with Gasteiger partial charge in [0.15, 0.2) is 0 Å². The van der Waals surface area contributed by atoms with Crippen LogP contribution in [0.2, 0.25) is 0 Å². The number of hydrogen-bond acceptors (Lipinski definition) is 3. The second-order valence-corrected chi connectivity index (χ2v) is 6.28. The Morgan fingerprint density at radius 2 is 2.00 bits per heavy atom. The monoisotopic (exact) mass is 269 g/mol. The maximum atomic E-state index is 12.1. The van der Waals surface area contributed by atoms with Crippen molar-refractivity contribution in [3.63, 3.8) is 0 Å². The van der Waals surface area contributed by atoms with Crippen LogP contribution in [0.25, 0.3) is 0 Å². The molecule has 2 aliphatic rings. The average molecular weight is 269 g/mol. The van der Waals surface area contributed by atoms with Gasteiger partial charge in [-0.05, 0) is 32.1 Å². The summed E-state index contributed by atoms with van der Waals surface area (Å²) in [6.45, 7) is 8.51. The van der Waals surface area contributed by atoms with Gasteiger partial charge in [0, 0.05) is 31.8 Å². The van der Waals surface area contributed by atoms with Crippen LogP contribution in [0.1, 0.15) is 40.0 Å². The van der Waals surface area contributed by atoms with E-state index in [2.05, 4.69) is 19.2 Å². The molecule has 3 N–H and O–H groups in total. The average Bonchev–Trinajstić information content (AvgIpc) is 2.71. The van der Waals surface area contributed by atoms with Crippen molar-refractivity contribution >= 4 is 6.03 Å². The largest absolute Gasteiger partial charge is 0.373 e. The molecule has 2 atom stereocenters. The van der Waals surface area contributed by atoms with Crippen molar-refractivity contribution in [3.8, 4) is 0 Å². The molecule has 2 heterocycles. The van der Waals surface area contributed by atoms with Gasteiger partial charge in [-0.1, -0.05) is 13.8 Å². The molecule has 5 nitrogen and oxygen atoms in total. The topological polar surface area (TPSA) is 67.6 Å². The van der Waals surface area contributed by atoms with Crippen molar-refractivity contribution in [2.45, 2.75) is 57.7 Å². The molecule has 1 spiro atoms. The molecule has 2 amide bonds. The van der Waals surface area contributed by atoms with Crippen molar-refractivity contribution < 1.29 is 9.53 Å². The summed E-state index contributed by atoms with van der Waals surface area (Å²) in [6.07, 6.45) is 2.66. The fraction of sp³-hybridized carbons (Fsp3) is 0.929. The Hall–Kier alpha value is -0.810. The van der Waals surface area contributed by atoms with E-state index in [0.717, 1.165) is 39.0 Å². The van der Waals surface area contributed by atoms with Crippen LogP contribution in [0.4, 0.5) is 4.79 Å². The molecule has 0 radical (unpaired) electrons. The van der Waals surface area contributed by atoms with Crippen LogP contribution >= 0.6 is 0 Å². The molecule has 2 aliphatic heterocycles. The lowest BCUT2D eigenvalue weighted by Gasteiger charge is -2.41. The molecule has 2 rings (SSSR count). The SMILES string of the molecule is CC(C)C(C)NC(=O)N1CCC2(CC1)OCCC2N. The third-order valence-corrected chi connectivity index (χ3v) is 4.74. The van der Waals surface area contributed by atoms with Crippen LogP contribution < -0.4 is 11.1 Å². The molecular weight excluding hydrogens is 242 g/mol. The molecule has 0 aromatic rings. The number of rotatable bonds is 2. The number of urea groups is 1. The van der Waals surface area contributed by atoms with E-state index in [1.807, 2.05) is 11.8 Å². The van der Waals surface area contributed by atoms with Crippen LogP contribution in [0.5, 0.6) is 0 Å². The highest BCUT2D eigenvalue weighted by molar-refractivity contribution is 5.74. The number of amides is 2. The molecule has 2 saturated heterocycles. The zero-order chi connectivity index (χ0) is 14.0. The van der Waals surface area contributed by atoms with E-state index >= 15 is 0 Å². The van der Waals surface area contributed by atoms with E-state index < -0.39 is 0 Å². The first kappa shape index (κ1) is 14.6. The van der Waals surface area contributed by atoms with Gasteiger partial charge in [-0.3, -0.25) is 0 Å². The Labute approximate surface area is 115 Å². The summed E-state index contributed by atoms with van der Waals surface area (Å²) < 4.78 is 5.86. The van der Waals surface area contributed by atoms with Gasteiger partial charge < -0.3 is 20.7 Å². The lowest BCUT2D eigenvalue weighted by Crippen LogP contribution is -2.56. The van der Waals surface area contributed by atoms with Crippen LogP contribution in [-0.4, -0.2) is 48.3 Å². The molecular formula is C14H27N3O2. The first-order chi connectivity index (χ1) is 8.94. The summed E-state index contributed by atoms with van der Waals surface area (Å²) in [5.74, 6) is 0.451. The molecule has 19 heavy (non-hydrogen) atoms. The molecule has 0 saturated carbocycles. The van der Waals surface area contributed by atoms with E-state index in [1.54, 1.807) is 0 Å². The molecule has 2 unspecified atom stereocenters. The number of carbonyl (C=O) groups is 1. The summed E-state index contributed by atoms with van der Waals surface area (Å²) in [7, 11) is 0. The highest BCUT2D eigenvalue weighted by Crippen LogP contribution is 2.34. The third-order valence-electron chi connectivity index (χ3n) is 4.74. The second kappa shape index (κ2) is 5.67. The summed E-state index contributed by atoms with van der Waals surface area (Å²) in [5.41, 5.74) is 5.98. The summed E-state index contributed by atoms with van der Waals surface area (Å²) in [5, 5.41) is 3.05. The summed E-state index contributed by atoms with van der Waals surface area (Å²) in [4.78, 5) is 14.0. The van der Waals surface area contributed by atoms with Crippen molar-refractivity contribution in [3.05, 3.63) is 0 Å². The number of nitrogens with one attached hydrogen (secondary N) is 1. The Bertz CT molecular complexity index is 325. The Kier molecular flexibility index (Phi) is 4.36. The number of likely N-dealkylation sites (tertiary alicyclic amines) is 1. The minimum atomic E-state index is -0.166. The van der Waals surface area contributed by atoms with Gasteiger partial charge in [0.1, 0.15) is 0 Å². The molecule has 5 heteroatoms. The Morgan fingerprint density at radius 3 is 2.47 bits per heavy atom. The van der Waals surface area contributed by atoms with Gasteiger partial charge in [-0.25, -0.2) is 4.79 Å². The van der Waals surface area contributed by atoms with E-state index in [-0.39, 0.29) is 23.7 Å². The predicted molar refractivity (Wildman–Crippen MR) is 74.9 cm³/mol. The number of ether oxygens (including phenoxy) is 1. The van der Waals surface area contributed by atoms with Gasteiger partial charge >= 0.3 is 6.03 Å². The zero-order valence-corrected chi connectivity index (χ0v) is 12.3. The number of hydrogen-bond donors (Lipinski definition) is 2. The number of nitrogens with zero attached hydrogens (tertiary/aromatic N) is 1. The normalized spacial score (nSPS) is 27.8. The molecule has 110 valence electrons. The Balaban J connectivity index is 1.84. The minimum Gasteiger partial charge on any atom is -0.373 e. The van der Waals surface area contributed by atoms with Gasteiger partial charge in [0.05, 0.1) is 5.60 Å². The lowest BCUT2D eigenvalue weighted by atomic mass is 9.85. The Morgan fingerprint density at radius 1 is 1.37 bits per heavy atom. The van der Waals surface area contributed by atoms with E-state index in [0.29, 0.717) is 5.92 Å². The molecule has 0 aromatic carbocycles. The first-order valence-electron chi connectivity index (χ1n) is 7.39. The van der Waals surface area contributed by atoms with Gasteiger partial charge in [-0.2, -0.15) is 0 Å². The van der Waals surface area contributed by atoms with Crippen molar-refractivity contribution in [2.75, 3.05) is 19.7 Å².